The van der Waals surface area contributed by atoms with Crippen molar-refractivity contribution in [2.24, 2.45) is 38.5 Å². The molecule has 0 radical (unpaired) electrons. The van der Waals surface area contributed by atoms with Crippen molar-refractivity contribution in [3.8, 4) is 18.2 Å². The van der Waals surface area contributed by atoms with E-state index in [2.05, 4.69) is 29.9 Å². The molecule has 0 bridgehead atoms. The molecule has 0 spiro atoms. The summed E-state index contributed by atoms with van der Waals surface area (Å²) >= 11 is 4.85. The summed E-state index contributed by atoms with van der Waals surface area (Å²) in [6, 6.07) is 42.4. The van der Waals surface area contributed by atoms with Crippen molar-refractivity contribution in [1.82, 2.24) is 15.0 Å². The number of ketones is 2. The van der Waals surface area contributed by atoms with Crippen LogP contribution >= 0.6 is 57.9 Å². The molecule has 122 heavy (non-hydrogen) atoms. The predicted molar refractivity (Wildman–Crippen MR) is 440 cm³/mol. The number of alkyl halides is 9. The molecule has 4 saturated heterocycles. The first kappa shape index (κ1) is 91.2. The Morgan fingerprint density at radius 3 is 1.18 bits per heavy atom. The number of hydrogen-bond donors (Lipinski definition) is 1. The van der Waals surface area contributed by atoms with Crippen molar-refractivity contribution < 1.29 is 99.0 Å². The van der Waals surface area contributed by atoms with Crippen LogP contribution in [0.15, 0.2) is 189 Å². The first-order valence-corrected chi connectivity index (χ1v) is 41.1. The number of rotatable bonds is 15. The molecule has 2 N–H and O–H groups in total. The van der Waals surface area contributed by atoms with Crippen LogP contribution in [-0.4, -0.2) is 134 Å². The number of nitrogens with two attached hydrogens (primary N) is 1. The highest BCUT2D eigenvalue weighted by Gasteiger charge is 2.65. The second-order valence-electron chi connectivity index (χ2n) is 29.6. The van der Waals surface area contributed by atoms with Gasteiger partial charge in [-0.25, -0.2) is 31.3 Å². The summed E-state index contributed by atoms with van der Waals surface area (Å²) in [6.07, 6.45) is -14.8. The number of aromatic nitrogens is 3. The quantitative estimate of drug-likeness (QED) is 0.0433. The number of pyridine rings is 3. The van der Waals surface area contributed by atoms with Crippen LogP contribution in [0.1, 0.15) is 123 Å². The number of ether oxygens (including phenoxy) is 3. The number of carbonyl (C=O) groups excluding carboxylic acids is 2. The zero-order valence-corrected chi connectivity index (χ0v) is 68.9. The van der Waals surface area contributed by atoms with Gasteiger partial charge in [0.25, 0.3) is 0 Å². The number of thioether (sulfide) groups is 3. The lowest BCUT2D eigenvalue weighted by atomic mass is 9.73. The molecule has 4 fully saturated rings. The van der Waals surface area contributed by atoms with E-state index >= 15 is 8.78 Å². The highest BCUT2D eigenvalue weighted by atomic mass is 127. The molecule has 0 amide bonds. The van der Waals surface area contributed by atoms with E-state index in [1.165, 1.54) is 102 Å². The molecule has 37 heteroatoms. The van der Waals surface area contributed by atoms with Crippen LogP contribution in [0.25, 0.3) is 29.6 Å². The van der Waals surface area contributed by atoms with Gasteiger partial charge in [0.05, 0.1) is 87.7 Å². The maximum absolute atomic E-state index is 15.5. The molecule has 17 nitrogen and oxygen atoms in total. The highest BCUT2D eigenvalue weighted by molar-refractivity contribution is 14.1. The van der Waals surface area contributed by atoms with Gasteiger partial charge in [-0.1, -0.05) is 96.7 Å². The van der Waals surface area contributed by atoms with Gasteiger partial charge in [-0.15, -0.1) is 23.5 Å². The standard InChI is InChI=1S/C29H20F5N3O2S.C27H28BF4NO4S.C21H15F5N4OS.C8H4FIN2/c30-22-8-6-17(11-23(31)24-9-7-18(13-35)14-36-24)10-20(22)28-16-39-27(29(32,33)34)21(28)15-40-26(37-28)12-25(38)19-4-2-1-3-5-19;1-24(2)25(3,4)37-28(36-24)17-10-11-20(29)18(12-17)26-15-35-23(27(30,31)32)19(26)14-38-22(33-26)13-21(34)16-8-6-5-7-9-16;22-15-3-1-11(6-16(23)17-4-2-12(7-27)8-29-17)5-13(15)20-10-31-18(21(24,25)26)14(20)9-32-19(28)30-20;9-7(3-10)8-2-1-6(4-11)5-12-8/h1-11,14,21,27H,12,15-16H2;5-12,19,23H,13-15H2,1-4H3;1-6,8,14,18H,9-10H2,(H2,28,30);1-3,5H/b23-11-;;16-6-;7-3-/t21-,27+,28-;19-,23+,26-;14-,18+,20-;/m000./s1. The summed E-state index contributed by atoms with van der Waals surface area (Å²) < 4.78 is 241. The fourth-order valence-electron chi connectivity index (χ4n) is 14.5. The first-order chi connectivity index (χ1) is 57.7. The number of fused-ring (bicyclic) bond motifs is 3. The lowest BCUT2D eigenvalue weighted by Gasteiger charge is -2.37. The molecule has 632 valence electrons. The zero-order chi connectivity index (χ0) is 88.1. The first-order valence-electron chi connectivity index (χ1n) is 36.9. The average molecular weight is 1860 g/mol. The van der Waals surface area contributed by atoms with Crippen LogP contribution in [0.2, 0.25) is 0 Å². The summed E-state index contributed by atoms with van der Waals surface area (Å²) in [5.74, 6) is -8.58. The number of carbonyl (C=O) groups is 2. The minimum atomic E-state index is -4.72. The van der Waals surface area contributed by atoms with Crippen molar-refractivity contribution in [1.29, 1.82) is 15.8 Å². The smallest absolute Gasteiger partial charge is 0.399 e. The fraction of sp³-hybridized carbons (Fsp3) is 0.306. The van der Waals surface area contributed by atoms with Crippen LogP contribution in [0, 0.1) is 69.2 Å². The Labute approximate surface area is 715 Å². The van der Waals surface area contributed by atoms with E-state index < -0.39 is 138 Å². The van der Waals surface area contributed by atoms with Crippen molar-refractivity contribution in [3.05, 3.63) is 265 Å². The molecule has 8 aromatic rings. The Balaban J connectivity index is 0.000000157. The number of halogens is 16. The van der Waals surface area contributed by atoms with Crippen molar-refractivity contribution in [2.75, 3.05) is 37.1 Å². The maximum Gasteiger partial charge on any atom is 0.494 e. The Hall–Kier alpha value is -10.0. The van der Waals surface area contributed by atoms with Gasteiger partial charge in [0.1, 0.15) is 63.9 Å². The Bertz CT molecular complexity index is 5570. The average Bonchev–Trinajstić information content (AvgIpc) is 1.54. The highest BCUT2D eigenvalue weighted by Crippen LogP contribution is 2.56. The number of nitriles is 3. The fourth-order valence-corrected chi connectivity index (χ4v) is 18.4. The Morgan fingerprint density at radius 2 is 0.836 bits per heavy atom. The summed E-state index contributed by atoms with van der Waals surface area (Å²) in [5, 5.41) is 26.8. The molecular formula is C85H67BF15IN10O7S3. The molecule has 7 aliphatic heterocycles. The molecule has 7 aliphatic rings. The topological polar surface area (TPSA) is 253 Å². The van der Waals surface area contributed by atoms with Gasteiger partial charge >= 0.3 is 25.6 Å². The molecular weight excluding hydrogens is 1790 g/mol. The van der Waals surface area contributed by atoms with Crippen LogP contribution in [-0.2, 0) is 40.1 Å². The van der Waals surface area contributed by atoms with Crippen LogP contribution in [0.4, 0.5) is 65.9 Å². The zero-order valence-electron chi connectivity index (χ0n) is 64.3. The second-order valence-corrected chi connectivity index (χ2v) is 33.5. The summed E-state index contributed by atoms with van der Waals surface area (Å²) in [6.45, 7) is 5.98. The van der Waals surface area contributed by atoms with Gasteiger partial charge in [0.15, 0.2) is 40.9 Å². The van der Waals surface area contributed by atoms with E-state index in [1.807, 2.05) is 45.9 Å². The third kappa shape index (κ3) is 19.9. The van der Waals surface area contributed by atoms with Gasteiger partial charge in [-0.05, 0) is 146 Å². The Kier molecular flexibility index (Phi) is 27.8. The number of hydrogen-bond acceptors (Lipinski definition) is 20. The number of benzene rings is 5. The van der Waals surface area contributed by atoms with E-state index in [1.54, 1.807) is 83.3 Å². The lowest BCUT2D eigenvalue weighted by Crippen LogP contribution is -2.46. The van der Waals surface area contributed by atoms with Crippen molar-refractivity contribution in [2.45, 2.75) is 105 Å². The molecule has 15 rings (SSSR count). The third-order valence-electron chi connectivity index (χ3n) is 21.4. The second kappa shape index (κ2) is 37.2. The minimum Gasteiger partial charge on any atom is -0.399 e. The molecule has 5 aromatic carbocycles. The van der Waals surface area contributed by atoms with Gasteiger partial charge in [-0.3, -0.25) is 34.5 Å². The van der Waals surface area contributed by atoms with E-state index in [4.69, 9.17) is 45.0 Å². The molecule has 0 unspecified atom stereocenters. The minimum absolute atomic E-state index is 0.0218. The van der Waals surface area contributed by atoms with E-state index in [9.17, 15) is 66.7 Å². The van der Waals surface area contributed by atoms with Gasteiger partial charge in [0, 0.05) is 85.5 Å². The van der Waals surface area contributed by atoms with Crippen LogP contribution in [0.3, 0.4) is 0 Å². The van der Waals surface area contributed by atoms with Crippen LogP contribution < -0.4 is 11.2 Å². The normalized spacial score (nSPS) is 24.1. The summed E-state index contributed by atoms with van der Waals surface area (Å²) in [4.78, 5) is 50.6. The lowest BCUT2D eigenvalue weighted by molar-refractivity contribution is -0.215. The largest absolute Gasteiger partial charge is 0.494 e. The van der Waals surface area contributed by atoms with Gasteiger partial charge in [-0.2, -0.15) is 55.3 Å². The van der Waals surface area contributed by atoms with Crippen molar-refractivity contribution >= 4 is 127 Å². The maximum atomic E-state index is 15.5. The van der Waals surface area contributed by atoms with E-state index in [-0.39, 0.29) is 114 Å². The monoisotopic (exact) mass is 1860 g/mol. The van der Waals surface area contributed by atoms with Crippen molar-refractivity contribution in [3.63, 3.8) is 0 Å². The number of amidine groups is 1. The van der Waals surface area contributed by atoms with E-state index in [0.29, 0.717) is 27.2 Å². The molecule has 0 saturated carbocycles. The SMILES string of the molecule is CC1(C)OB(c2ccc(F)c([C@@]34CO[C@@H](C(F)(F)F)[C@@H]3CSC(CC(=O)c3ccccc3)=N4)c2)OC1(C)C.N#Cc1ccc(/C(F)=C/I)nc1.N#Cc1ccc(/C(F)=C/c2ccc(F)c([C@@]34CO[C@@H](C(F)(F)F)[C@@H]3CSC(CC(=O)c3ccccc3)=N4)c2)nc1.N#Cc1ccc(/C(F)=C/c2ccc(F)c([C@@]34CO[C@@H](C(F)(F)F)[C@@H]3CSC(N)=N4)c2)nc1. The molecule has 0 aliphatic carbocycles. The summed E-state index contributed by atoms with van der Waals surface area (Å²) in [5.41, 5.74) is 1.80. The van der Waals surface area contributed by atoms with Gasteiger partial charge < -0.3 is 29.3 Å². The molecule has 9 atom stereocenters. The third-order valence-corrected chi connectivity index (χ3v) is 25.0. The van der Waals surface area contributed by atoms with Crippen LogP contribution in [0.5, 0.6) is 0 Å². The summed E-state index contributed by atoms with van der Waals surface area (Å²) in [7, 11) is -0.837. The Morgan fingerprint density at radius 1 is 0.492 bits per heavy atom. The number of nitrogens with zero attached hydrogens (tertiary/aromatic N) is 9. The van der Waals surface area contributed by atoms with E-state index in [0.717, 1.165) is 59.6 Å². The number of Topliss-reactive ketones (excluding diaryl/α,β-unsaturated/α-hetero) is 2. The predicted octanol–water partition coefficient (Wildman–Crippen LogP) is 19.1. The molecule has 10 heterocycles. The molecule has 3 aromatic heterocycles. The van der Waals surface area contributed by atoms with Gasteiger partial charge in [0.2, 0.25) is 0 Å². The number of aliphatic imine (C=N–C) groups is 3.